The van der Waals surface area contributed by atoms with Gasteiger partial charge in [0, 0.05) is 4.47 Å². The van der Waals surface area contributed by atoms with Crippen molar-refractivity contribution in [3.63, 3.8) is 0 Å². The number of anilines is 2. The first-order chi connectivity index (χ1) is 18.4. The summed E-state index contributed by atoms with van der Waals surface area (Å²) < 4.78 is 7.59. The van der Waals surface area contributed by atoms with Crippen molar-refractivity contribution in [2.45, 2.75) is 6.61 Å². The molecule has 1 fully saturated rings. The van der Waals surface area contributed by atoms with Gasteiger partial charge in [-0.2, -0.15) is 0 Å². The molecule has 38 heavy (non-hydrogen) atoms. The van der Waals surface area contributed by atoms with Crippen LogP contribution in [0.1, 0.15) is 11.1 Å². The molecule has 1 aliphatic heterocycles. The van der Waals surface area contributed by atoms with E-state index in [0.717, 1.165) is 19.8 Å². The summed E-state index contributed by atoms with van der Waals surface area (Å²) >= 11 is 6.95. The Morgan fingerprint density at radius 2 is 1.24 bits per heavy atom. The highest BCUT2D eigenvalue weighted by Crippen LogP contribution is 2.32. The number of carbonyl (C=O) groups excluding carboxylic acids is 3. The van der Waals surface area contributed by atoms with Gasteiger partial charge in [-0.3, -0.25) is 9.59 Å². The van der Waals surface area contributed by atoms with Gasteiger partial charge in [-0.05, 0) is 81.7 Å². The molecule has 1 heterocycles. The number of hydrogen-bond donors (Lipinski definition) is 0. The molecule has 4 amide bonds. The van der Waals surface area contributed by atoms with E-state index in [2.05, 4.69) is 31.9 Å². The number of para-hydroxylation sites is 2. The standard InChI is InChI=1S/C30H20Br2N2O4/c31-22-14-11-20(12-15-22)19-38-27-16-13-21(18-26(27)32)17-25-28(35)33(23-7-3-1-4-8-23)30(37)34(29(25)36)24-9-5-2-6-10-24/h1-18H,19H2. The molecule has 0 bridgehead atoms. The summed E-state index contributed by atoms with van der Waals surface area (Å²) in [7, 11) is 0. The predicted molar refractivity (Wildman–Crippen MR) is 154 cm³/mol. The Bertz CT molecular complexity index is 1470. The lowest BCUT2D eigenvalue weighted by molar-refractivity contribution is -0.121. The van der Waals surface area contributed by atoms with Gasteiger partial charge >= 0.3 is 6.03 Å². The van der Waals surface area contributed by atoms with Crippen LogP contribution in [0.5, 0.6) is 5.75 Å². The molecule has 0 saturated carbocycles. The second kappa shape index (κ2) is 11.2. The van der Waals surface area contributed by atoms with Crippen LogP contribution in [0.15, 0.2) is 118 Å². The first-order valence-corrected chi connectivity index (χ1v) is 13.2. The number of barbiturate groups is 1. The molecule has 6 nitrogen and oxygen atoms in total. The minimum Gasteiger partial charge on any atom is -0.488 e. The number of rotatable bonds is 6. The number of urea groups is 1. The van der Waals surface area contributed by atoms with Crippen molar-refractivity contribution in [1.82, 2.24) is 0 Å². The Hall–Kier alpha value is -4.01. The Morgan fingerprint density at radius 1 is 0.684 bits per heavy atom. The third-order valence-electron chi connectivity index (χ3n) is 5.85. The van der Waals surface area contributed by atoms with Gasteiger partial charge in [0.2, 0.25) is 0 Å². The summed E-state index contributed by atoms with van der Waals surface area (Å²) in [6, 6.07) is 29.5. The summed E-state index contributed by atoms with van der Waals surface area (Å²) in [5.41, 5.74) is 2.23. The minimum absolute atomic E-state index is 0.132. The van der Waals surface area contributed by atoms with Gasteiger partial charge < -0.3 is 4.74 Å². The van der Waals surface area contributed by atoms with Crippen LogP contribution in [0.2, 0.25) is 0 Å². The zero-order chi connectivity index (χ0) is 26.6. The summed E-state index contributed by atoms with van der Waals surface area (Å²) in [6.45, 7) is 0.378. The van der Waals surface area contributed by atoms with Gasteiger partial charge in [0.15, 0.2) is 0 Å². The van der Waals surface area contributed by atoms with Crippen LogP contribution >= 0.6 is 31.9 Å². The molecule has 0 radical (unpaired) electrons. The van der Waals surface area contributed by atoms with Crippen LogP contribution in [-0.4, -0.2) is 17.8 Å². The third kappa shape index (κ3) is 5.32. The summed E-state index contributed by atoms with van der Waals surface area (Å²) in [4.78, 5) is 42.5. The number of carbonyl (C=O) groups is 3. The topological polar surface area (TPSA) is 66.9 Å². The summed E-state index contributed by atoms with van der Waals surface area (Å²) in [5, 5.41) is 0. The highest BCUT2D eigenvalue weighted by molar-refractivity contribution is 9.10. The van der Waals surface area contributed by atoms with Gasteiger partial charge in [0.25, 0.3) is 11.8 Å². The van der Waals surface area contributed by atoms with Crippen LogP contribution in [0.3, 0.4) is 0 Å². The SMILES string of the molecule is O=C1C(=Cc2ccc(OCc3ccc(Br)cc3)c(Br)c2)C(=O)N(c2ccccc2)C(=O)N1c1ccccc1. The molecular formula is C30H20Br2N2O4. The molecule has 4 aromatic rings. The van der Waals surface area contributed by atoms with Gasteiger partial charge in [0.05, 0.1) is 15.8 Å². The van der Waals surface area contributed by atoms with Gasteiger partial charge in [0.1, 0.15) is 17.9 Å². The van der Waals surface area contributed by atoms with Crippen molar-refractivity contribution >= 4 is 67.2 Å². The number of benzene rings is 4. The van der Waals surface area contributed by atoms with Crippen LogP contribution in [0, 0.1) is 0 Å². The number of amides is 4. The lowest BCUT2D eigenvalue weighted by Crippen LogP contribution is -2.57. The van der Waals surface area contributed by atoms with Crippen molar-refractivity contribution < 1.29 is 19.1 Å². The second-order valence-electron chi connectivity index (χ2n) is 8.40. The molecule has 4 aromatic carbocycles. The fourth-order valence-electron chi connectivity index (χ4n) is 3.97. The Balaban J connectivity index is 1.47. The van der Waals surface area contributed by atoms with Gasteiger partial charge in [-0.1, -0.05) is 70.5 Å². The maximum atomic E-state index is 13.5. The monoisotopic (exact) mass is 630 g/mol. The van der Waals surface area contributed by atoms with Gasteiger partial charge in [-0.15, -0.1) is 0 Å². The molecule has 0 spiro atoms. The summed E-state index contributed by atoms with van der Waals surface area (Å²) in [6.07, 6.45) is 1.49. The van der Waals surface area contributed by atoms with E-state index in [1.807, 2.05) is 24.3 Å². The fourth-order valence-corrected chi connectivity index (χ4v) is 4.75. The molecule has 0 N–H and O–H groups in total. The first kappa shape index (κ1) is 25.6. The van der Waals surface area contributed by atoms with Crippen LogP contribution < -0.4 is 14.5 Å². The number of nitrogens with zero attached hydrogens (tertiary/aromatic N) is 2. The quantitative estimate of drug-likeness (QED) is 0.165. The largest absolute Gasteiger partial charge is 0.488 e. The smallest absolute Gasteiger partial charge is 0.343 e. The van der Waals surface area contributed by atoms with E-state index in [4.69, 9.17) is 4.74 Å². The molecule has 1 saturated heterocycles. The Labute approximate surface area is 236 Å². The zero-order valence-corrected chi connectivity index (χ0v) is 23.1. The molecule has 1 aliphatic rings. The average molecular weight is 632 g/mol. The van der Waals surface area contributed by atoms with E-state index < -0.39 is 17.8 Å². The van der Waals surface area contributed by atoms with Crippen molar-refractivity contribution in [3.05, 3.63) is 129 Å². The number of ether oxygens (including phenoxy) is 1. The van der Waals surface area contributed by atoms with E-state index in [0.29, 0.717) is 33.8 Å². The lowest BCUT2D eigenvalue weighted by Gasteiger charge is -2.33. The van der Waals surface area contributed by atoms with Crippen LogP contribution in [0.4, 0.5) is 16.2 Å². The van der Waals surface area contributed by atoms with E-state index in [-0.39, 0.29) is 5.57 Å². The lowest BCUT2D eigenvalue weighted by atomic mass is 10.0. The van der Waals surface area contributed by atoms with Crippen molar-refractivity contribution in [1.29, 1.82) is 0 Å². The Kier molecular flexibility index (Phi) is 7.53. The maximum Gasteiger partial charge on any atom is 0.343 e. The van der Waals surface area contributed by atoms with Crippen LogP contribution in [0.25, 0.3) is 6.08 Å². The number of halogens is 2. The molecule has 0 aromatic heterocycles. The molecule has 188 valence electrons. The third-order valence-corrected chi connectivity index (χ3v) is 7.00. The van der Waals surface area contributed by atoms with Crippen molar-refractivity contribution in [3.8, 4) is 5.75 Å². The molecule has 0 unspecified atom stereocenters. The van der Waals surface area contributed by atoms with E-state index in [1.54, 1.807) is 78.9 Å². The molecule has 0 atom stereocenters. The number of hydrogen-bond acceptors (Lipinski definition) is 4. The van der Waals surface area contributed by atoms with E-state index in [9.17, 15) is 14.4 Å². The Morgan fingerprint density at radius 3 is 1.76 bits per heavy atom. The van der Waals surface area contributed by atoms with E-state index >= 15 is 0 Å². The number of imide groups is 2. The zero-order valence-electron chi connectivity index (χ0n) is 19.9. The molecule has 5 rings (SSSR count). The first-order valence-electron chi connectivity index (χ1n) is 11.6. The van der Waals surface area contributed by atoms with Crippen molar-refractivity contribution in [2.24, 2.45) is 0 Å². The minimum atomic E-state index is -0.729. The van der Waals surface area contributed by atoms with Gasteiger partial charge in [-0.25, -0.2) is 14.6 Å². The average Bonchev–Trinajstić information content (AvgIpc) is 2.93. The summed E-state index contributed by atoms with van der Waals surface area (Å²) in [5.74, 6) is -0.765. The molecule has 0 aliphatic carbocycles. The van der Waals surface area contributed by atoms with E-state index in [1.165, 1.54) is 6.08 Å². The molecular weight excluding hydrogens is 612 g/mol. The second-order valence-corrected chi connectivity index (χ2v) is 10.2. The fraction of sp³-hybridized carbons (Fsp3) is 0.0333. The maximum absolute atomic E-state index is 13.5. The predicted octanol–water partition coefficient (Wildman–Crippen LogP) is 7.37. The van der Waals surface area contributed by atoms with Crippen molar-refractivity contribution in [2.75, 3.05) is 9.80 Å². The highest BCUT2D eigenvalue weighted by atomic mass is 79.9. The normalized spacial score (nSPS) is 13.6. The highest BCUT2D eigenvalue weighted by Gasteiger charge is 2.43. The molecule has 8 heteroatoms. The van der Waals surface area contributed by atoms with Crippen LogP contribution in [-0.2, 0) is 16.2 Å².